The number of nitrogens with one attached hydrogen (secondary N) is 2. The molecular weight excluding hydrogens is 754 g/mol. The molecule has 16 heteroatoms. The van der Waals surface area contributed by atoms with Crippen LogP contribution in [-0.2, 0) is 19.1 Å². The van der Waals surface area contributed by atoms with Gasteiger partial charge in [0.1, 0.15) is 54.0 Å². The molecule has 0 radical (unpaired) electrons. The molecule has 7 atom stereocenters. The van der Waals surface area contributed by atoms with Crippen LogP contribution in [0.4, 0.5) is 0 Å². The number of aliphatic hydroxyl groups excluding tert-OH is 3. The lowest BCUT2D eigenvalue weighted by Crippen LogP contribution is -2.63. The molecule has 7 unspecified atom stereocenters. The van der Waals surface area contributed by atoms with E-state index in [2.05, 4.69) is 10.3 Å². The van der Waals surface area contributed by atoms with Crippen molar-refractivity contribution in [1.82, 2.24) is 15.0 Å². The Morgan fingerprint density at radius 3 is 2.41 bits per heavy atom. The van der Waals surface area contributed by atoms with Gasteiger partial charge in [0.05, 0.1) is 22.7 Å². The van der Waals surface area contributed by atoms with Crippen molar-refractivity contribution in [2.75, 3.05) is 20.3 Å². The van der Waals surface area contributed by atoms with Crippen molar-refractivity contribution >= 4 is 33.8 Å². The molecule has 4 heterocycles. The average Bonchev–Trinajstić information content (AvgIpc) is 3.78. The van der Waals surface area contributed by atoms with Gasteiger partial charge in [0, 0.05) is 35.9 Å². The van der Waals surface area contributed by atoms with Crippen molar-refractivity contribution in [3.05, 3.63) is 107 Å². The third-order valence-electron chi connectivity index (χ3n) is 10.2. The van der Waals surface area contributed by atoms with Crippen LogP contribution < -0.4 is 20.3 Å². The van der Waals surface area contributed by atoms with E-state index < -0.39 is 61.2 Å². The Hall–Kier alpha value is -6.17. The number of hydrogen-bond acceptors (Lipinski definition) is 13. The molecule has 1 aliphatic rings. The number of aryl methyl sites for hydroxylation is 2. The number of aromatic amines is 1. The van der Waals surface area contributed by atoms with Crippen molar-refractivity contribution in [2.45, 2.75) is 57.0 Å². The van der Waals surface area contributed by atoms with Crippen molar-refractivity contribution in [3.8, 4) is 33.9 Å². The van der Waals surface area contributed by atoms with Gasteiger partial charge >= 0.3 is 11.9 Å². The summed E-state index contributed by atoms with van der Waals surface area (Å²) in [7, 11) is 1.44. The maximum absolute atomic E-state index is 13.5. The normalized spacial score (nSPS) is 20.5. The number of nitrogens with zero attached hydrogens (tertiary/aromatic N) is 1. The maximum Gasteiger partial charge on any atom is 0.322 e. The van der Waals surface area contributed by atoms with Crippen LogP contribution in [0.1, 0.15) is 17.5 Å². The van der Waals surface area contributed by atoms with E-state index in [9.17, 15) is 39.9 Å². The number of benzene rings is 3. The van der Waals surface area contributed by atoms with Crippen LogP contribution in [0.15, 0.2) is 94.6 Å². The quantitative estimate of drug-likeness (QED) is 0.0619. The second kappa shape index (κ2) is 16.7. The molecule has 1 saturated heterocycles. The number of rotatable bonds is 14. The van der Waals surface area contributed by atoms with Gasteiger partial charge in [-0.25, -0.2) is 0 Å². The number of carboxylic acids is 1. The molecule has 3 aromatic heterocycles. The van der Waals surface area contributed by atoms with Crippen LogP contribution in [-0.4, -0.2) is 104 Å². The summed E-state index contributed by atoms with van der Waals surface area (Å²) in [6.07, 6.45) is -3.11. The fourth-order valence-electron chi connectivity index (χ4n) is 7.31. The van der Waals surface area contributed by atoms with E-state index in [-0.39, 0.29) is 46.5 Å². The summed E-state index contributed by atoms with van der Waals surface area (Å²) < 4.78 is 25.1. The number of phenolic OH excluding ortho intramolecular Hbond substituents is 1. The molecule has 3 aromatic carbocycles. The number of aromatic hydroxyl groups is 1. The van der Waals surface area contributed by atoms with Crippen LogP contribution in [0.3, 0.4) is 0 Å². The zero-order valence-electron chi connectivity index (χ0n) is 31.7. The van der Waals surface area contributed by atoms with E-state index in [4.69, 9.17) is 23.5 Å². The third-order valence-corrected chi connectivity index (χ3v) is 10.2. The van der Waals surface area contributed by atoms with Crippen molar-refractivity contribution < 1.29 is 58.6 Å². The Kier molecular flexibility index (Phi) is 11.6. The van der Waals surface area contributed by atoms with E-state index in [0.29, 0.717) is 11.3 Å². The number of carbonyl (C=O) groups excluding carboxylic acids is 1. The maximum atomic E-state index is 13.5. The fraction of sp³-hybridized carbons (Fsp3) is 0.310. The molecule has 0 aliphatic carbocycles. The standard InChI is InChI=1S/C42H43N3O13/c1-21-14-22(2)16-25(15-21)35-34-24(10-12-44-34)18-45(35)58-39-38(50)37(49)32(20-55-41(53)33(40(51)52)30(43-3)11-13-46)57-42(39)56-27-8-9-28-31(17-27)54-19-29(36(28)48)23-4-6-26(47)7-5-23/h4-10,12,14-19,30,32-33,37-39,42-44,46-47,49-50H,11,13,20H2,1-3H3,(H,51,52). The van der Waals surface area contributed by atoms with Crippen molar-refractivity contribution in [2.24, 2.45) is 5.92 Å². The highest BCUT2D eigenvalue weighted by molar-refractivity contribution is 5.95. The van der Waals surface area contributed by atoms with Crippen LogP contribution in [0.25, 0.3) is 44.3 Å². The first-order valence-electron chi connectivity index (χ1n) is 18.5. The Labute approximate surface area is 330 Å². The number of aliphatic hydroxyl groups is 3. The van der Waals surface area contributed by atoms with Gasteiger partial charge in [0.15, 0.2) is 11.3 Å². The number of carbonyl (C=O) groups is 2. The smallest absolute Gasteiger partial charge is 0.322 e. The summed E-state index contributed by atoms with van der Waals surface area (Å²) in [6.45, 7) is 2.86. The minimum absolute atomic E-state index is 0.0433. The van der Waals surface area contributed by atoms with E-state index in [1.165, 1.54) is 48.4 Å². The molecule has 7 N–H and O–H groups in total. The first-order valence-corrected chi connectivity index (χ1v) is 18.5. The Bertz CT molecular complexity index is 2470. The van der Waals surface area contributed by atoms with Crippen LogP contribution in [0.2, 0.25) is 0 Å². The average molecular weight is 798 g/mol. The van der Waals surface area contributed by atoms with Gasteiger partial charge in [-0.05, 0) is 75.3 Å². The molecule has 0 amide bonds. The summed E-state index contributed by atoms with van der Waals surface area (Å²) in [4.78, 5) is 48.3. The SMILES string of the molecule is CNC(CCO)C(C(=O)O)C(=O)OCC1OC(Oc2ccc3c(=O)c(-c4ccc(O)cc4)coc3c2)C(On2cc3cc[nH]c3c2-c2cc(C)cc(C)c2)C(O)C1O. The molecule has 0 bridgehead atoms. The highest BCUT2D eigenvalue weighted by Gasteiger charge is 2.49. The van der Waals surface area contributed by atoms with Gasteiger partial charge in [-0.2, -0.15) is 4.73 Å². The number of aromatic nitrogens is 2. The lowest BCUT2D eigenvalue weighted by Gasteiger charge is -2.41. The second-order valence-electron chi connectivity index (χ2n) is 14.2. The Morgan fingerprint density at radius 1 is 0.983 bits per heavy atom. The van der Waals surface area contributed by atoms with Crippen molar-refractivity contribution in [1.29, 1.82) is 0 Å². The van der Waals surface area contributed by atoms with E-state index in [1.54, 1.807) is 24.5 Å². The minimum atomic E-state index is -1.73. The van der Waals surface area contributed by atoms with Gasteiger partial charge in [0.25, 0.3) is 0 Å². The first kappa shape index (κ1) is 40.0. The molecule has 1 fully saturated rings. The summed E-state index contributed by atoms with van der Waals surface area (Å²) in [5, 5.41) is 55.7. The van der Waals surface area contributed by atoms with Crippen molar-refractivity contribution in [3.63, 3.8) is 0 Å². The first-order chi connectivity index (χ1) is 27.9. The highest BCUT2D eigenvalue weighted by Crippen LogP contribution is 2.34. The predicted octanol–water partition coefficient (Wildman–Crippen LogP) is 3.27. The number of aliphatic carboxylic acids is 1. The lowest BCUT2D eigenvalue weighted by atomic mass is 9.97. The number of phenols is 1. The number of hydrogen-bond donors (Lipinski definition) is 7. The molecule has 304 valence electrons. The molecule has 6 aromatic rings. The fourth-order valence-corrected chi connectivity index (χ4v) is 7.31. The number of H-pyrrole nitrogens is 1. The summed E-state index contributed by atoms with van der Waals surface area (Å²) in [5.74, 6) is -4.18. The number of carboxylic acid groups (broad SMARTS) is 1. The lowest BCUT2D eigenvalue weighted by molar-refractivity contribution is -0.288. The van der Waals surface area contributed by atoms with Crippen LogP contribution in [0, 0.1) is 19.8 Å². The summed E-state index contributed by atoms with van der Waals surface area (Å²) >= 11 is 0. The number of esters is 1. The van der Waals surface area contributed by atoms with Crippen LogP contribution >= 0.6 is 0 Å². The molecule has 0 saturated carbocycles. The monoisotopic (exact) mass is 797 g/mol. The topological polar surface area (TPSA) is 235 Å². The molecule has 7 rings (SSSR count). The minimum Gasteiger partial charge on any atom is -0.508 e. The summed E-state index contributed by atoms with van der Waals surface area (Å²) in [5.41, 5.74) is 4.77. The van der Waals surface area contributed by atoms with E-state index >= 15 is 0 Å². The molecular formula is C42H43N3O13. The van der Waals surface area contributed by atoms with Gasteiger partial charge in [0.2, 0.25) is 12.4 Å². The zero-order chi connectivity index (χ0) is 41.2. The molecule has 1 aliphatic heterocycles. The van der Waals surface area contributed by atoms with Gasteiger partial charge in [-0.15, -0.1) is 0 Å². The molecule has 0 spiro atoms. The number of fused-ring (bicyclic) bond motifs is 2. The summed E-state index contributed by atoms with van der Waals surface area (Å²) in [6, 6.07) is 17.4. The Balaban J connectivity index is 1.22. The van der Waals surface area contributed by atoms with Gasteiger partial charge < -0.3 is 59.3 Å². The van der Waals surface area contributed by atoms with Crippen LogP contribution in [0.5, 0.6) is 11.5 Å². The number of ether oxygens (including phenoxy) is 3. The predicted molar refractivity (Wildman–Crippen MR) is 209 cm³/mol. The van der Waals surface area contributed by atoms with E-state index in [1.807, 2.05) is 38.1 Å². The Morgan fingerprint density at radius 2 is 1.72 bits per heavy atom. The molecule has 16 nitrogen and oxygen atoms in total. The van der Waals surface area contributed by atoms with Gasteiger partial charge in [-0.1, -0.05) is 29.3 Å². The third kappa shape index (κ3) is 8.00. The molecule has 58 heavy (non-hydrogen) atoms. The second-order valence-corrected chi connectivity index (χ2v) is 14.2. The highest BCUT2D eigenvalue weighted by atomic mass is 16.8. The zero-order valence-corrected chi connectivity index (χ0v) is 31.7. The largest absolute Gasteiger partial charge is 0.508 e. The van der Waals surface area contributed by atoms with E-state index in [0.717, 1.165) is 27.6 Å². The van der Waals surface area contributed by atoms with Gasteiger partial charge in [-0.3, -0.25) is 14.4 Å².